The van der Waals surface area contributed by atoms with Gasteiger partial charge in [-0.2, -0.15) is 0 Å². The van der Waals surface area contributed by atoms with E-state index in [9.17, 15) is 4.79 Å². The highest BCUT2D eigenvalue weighted by Crippen LogP contribution is 2.07. The van der Waals surface area contributed by atoms with Gasteiger partial charge in [0.2, 0.25) is 0 Å². The maximum atomic E-state index is 11.7. The number of aromatic nitrogens is 3. The highest BCUT2D eigenvalue weighted by atomic mass is 16.1. The smallest absolute Gasteiger partial charge is 0.199 e. The lowest BCUT2D eigenvalue weighted by Crippen LogP contribution is -2.33. The van der Waals surface area contributed by atoms with Gasteiger partial charge in [0.25, 0.3) is 0 Å². The van der Waals surface area contributed by atoms with Crippen molar-refractivity contribution in [2.45, 2.75) is 26.3 Å². The maximum absolute atomic E-state index is 11.7. The molecule has 1 heterocycles. The molecule has 14 heavy (non-hydrogen) atoms. The number of nitrogens with zero attached hydrogens (tertiary/aromatic N) is 3. The van der Waals surface area contributed by atoms with Crippen LogP contribution in [-0.4, -0.2) is 26.8 Å². The monoisotopic (exact) mass is 196 g/mol. The second kappa shape index (κ2) is 4.32. The summed E-state index contributed by atoms with van der Waals surface area (Å²) in [6.45, 7) is 4.07. The molecule has 1 aromatic rings. The SMILES string of the molecule is CC(C)CC(N)C(=O)c1cnnn1C. The van der Waals surface area contributed by atoms with E-state index < -0.39 is 6.04 Å². The van der Waals surface area contributed by atoms with Crippen LogP contribution < -0.4 is 5.73 Å². The summed E-state index contributed by atoms with van der Waals surface area (Å²) in [6, 6.07) is -0.452. The first-order valence-corrected chi connectivity index (χ1v) is 4.67. The summed E-state index contributed by atoms with van der Waals surface area (Å²) in [5, 5.41) is 7.33. The Hall–Kier alpha value is -1.23. The largest absolute Gasteiger partial charge is 0.321 e. The third-order valence-corrected chi connectivity index (χ3v) is 2.03. The van der Waals surface area contributed by atoms with Crippen molar-refractivity contribution in [1.29, 1.82) is 0 Å². The number of Topliss-reactive ketones (excluding diaryl/α,β-unsaturated/α-hetero) is 1. The van der Waals surface area contributed by atoms with Crippen molar-refractivity contribution in [2.24, 2.45) is 18.7 Å². The molecule has 0 radical (unpaired) electrons. The Morgan fingerprint density at radius 2 is 2.29 bits per heavy atom. The fourth-order valence-corrected chi connectivity index (χ4v) is 1.32. The Labute approximate surface area is 83.3 Å². The molecule has 78 valence electrons. The highest BCUT2D eigenvalue weighted by molar-refractivity contribution is 5.98. The minimum Gasteiger partial charge on any atom is -0.321 e. The molecule has 0 saturated carbocycles. The van der Waals surface area contributed by atoms with Crippen LogP contribution in [0, 0.1) is 5.92 Å². The molecular formula is C9H16N4O. The number of carbonyl (C=O) groups excluding carboxylic acids is 1. The lowest BCUT2D eigenvalue weighted by molar-refractivity contribution is 0.0941. The fourth-order valence-electron chi connectivity index (χ4n) is 1.32. The van der Waals surface area contributed by atoms with E-state index >= 15 is 0 Å². The molecule has 0 aliphatic rings. The molecule has 0 spiro atoms. The van der Waals surface area contributed by atoms with Crippen LogP contribution in [0.25, 0.3) is 0 Å². The van der Waals surface area contributed by atoms with Gasteiger partial charge in [0, 0.05) is 7.05 Å². The predicted octanol–water partition coefficient (Wildman–Crippen LogP) is 0.371. The average molecular weight is 196 g/mol. The Morgan fingerprint density at radius 1 is 1.64 bits per heavy atom. The quantitative estimate of drug-likeness (QED) is 0.706. The molecule has 1 rings (SSSR count). The van der Waals surface area contributed by atoms with Crippen LogP contribution >= 0.6 is 0 Å². The zero-order chi connectivity index (χ0) is 10.7. The predicted molar refractivity (Wildman–Crippen MR) is 52.8 cm³/mol. The van der Waals surface area contributed by atoms with E-state index in [1.165, 1.54) is 10.9 Å². The number of rotatable bonds is 4. The second-order valence-electron chi connectivity index (χ2n) is 3.84. The van der Waals surface area contributed by atoms with Crippen LogP contribution in [-0.2, 0) is 7.05 Å². The summed E-state index contributed by atoms with van der Waals surface area (Å²) in [6.07, 6.45) is 2.13. The van der Waals surface area contributed by atoms with E-state index in [1.807, 2.05) is 13.8 Å². The molecule has 2 N–H and O–H groups in total. The number of carbonyl (C=O) groups is 1. The molecule has 0 aliphatic carbocycles. The van der Waals surface area contributed by atoms with Crippen LogP contribution in [0.3, 0.4) is 0 Å². The third-order valence-electron chi connectivity index (χ3n) is 2.03. The molecule has 0 amide bonds. The third kappa shape index (κ3) is 2.38. The summed E-state index contributed by atoms with van der Waals surface area (Å²) in [4.78, 5) is 11.7. The zero-order valence-corrected chi connectivity index (χ0v) is 8.77. The van der Waals surface area contributed by atoms with Crippen LogP contribution in [0.15, 0.2) is 6.20 Å². The summed E-state index contributed by atoms with van der Waals surface area (Å²) in [5.41, 5.74) is 6.23. The Balaban J connectivity index is 2.71. The molecule has 0 saturated heterocycles. The Morgan fingerprint density at radius 3 is 2.71 bits per heavy atom. The van der Waals surface area contributed by atoms with Crippen LogP contribution in [0.1, 0.15) is 30.8 Å². The van der Waals surface area contributed by atoms with E-state index in [1.54, 1.807) is 7.05 Å². The molecule has 0 aromatic carbocycles. The lowest BCUT2D eigenvalue weighted by atomic mass is 10.00. The summed E-state index contributed by atoms with van der Waals surface area (Å²) in [7, 11) is 1.68. The topological polar surface area (TPSA) is 73.8 Å². The molecule has 1 atom stereocenters. The van der Waals surface area contributed by atoms with Crippen molar-refractivity contribution in [3.63, 3.8) is 0 Å². The standard InChI is InChI=1S/C9H16N4O/c1-6(2)4-7(10)9(14)8-5-11-12-13(8)3/h5-7H,4,10H2,1-3H3. The molecule has 5 nitrogen and oxygen atoms in total. The van der Waals surface area contributed by atoms with Gasteiger partial charge in [0.1, 0.15) is 5.69 Å². The second-order valence-corrected chi connectivity index (χ2v) is 3.84. The van der Waals surface area contributed by atoms with Crippen LogP contribution in [0.5, 0.6) is 0 Å². The number of hydrogen-bond acceptors (Lipinski definition) is 4. The average Bonchev–Trinajstić information content (AvgIpc) is 2.48. The van der Waals surface area contributed by atoms with Gasteiger partial charge >= 0.3 is 0 Å². The first-order chi connectivity index (χ1) is 6.52. The number of ketones is 1. The van der Waals surface area contributed by atoms with Gasteiger partial charge in [-0.25, -0.2) is 4.68 Å². The zero-order valence-electron chi connectivity index (χ0n) is 8.77. The highest BCUT2D eigenvalue weighted by Gasteiger charge is 2.19. The molecule has 0 fully saturated rings. The van der Waals surface area contributed by atoms with Gasteiger partial charge in [-0.1, -0.05) is 19.1 Å². The minimum absolute atomic E-state index is 0.0915. The molecule has 1 aromatic heterocycles. The van der Waals surface area contributed by atoms with Gasteiger partial charge in [0.05, 0.1) is 12.2 Å². The van der Waals surface area contributed by atoms with Gasteiger partial charge < -0.3 is 5.73 Å². The van der Waals surface area contributed by atoms with E-state index in [0.717, 1.165) is 0 Å². The van der Waals surface area contributed by atoms with Gasteiger partial charge in [-0.3, -0.25) is 4.79 Å². The van der Waals surface area contributed by atoms with Crippen molar-refractivity contribution in [3.8, 4) is 0 Å². The normalized spacial score (nSPS) is 13.2. The van der Waals surface area contributed by atoms with E-state index in [4.69, 9.17) is 5.73 Å². The first-order valence-electron chi connectivity index (χ1n) is 4.67. The van der Waals surface area contributed by atoms with Crippen molar-refractivity contribution in [1.82, 2.24) is 15.0 Å². The maximum Gasteiger partial charge on any atom is 0.199 e. The number of hydrogen-bond donors (Lipinski definition) is 1. The van der Waals surface area contributed by atoms with Gasteiger partial charge in [-0.15, -0.1) is 5.10 Å². The number of aryl methyl sites for hydroxylation is 1. The van der Waals surface area contributed by atoms with Gasteiger partial charge in [-0.05, 0) is 12.3 Å². The van der Waals surface area contributed by atoms with Crippen molar-refractivity contribution >= 4 is 5.78 Å². The van der Waals surface area contributed by atoms with Crippen molar-refractivity contribution in [3.05, 3.63) is 11.9 Å². The number of nitrogens with two attached hydrogens (primary N) is 1. The van der Waals surface area contributed by atoms with Crippen LogP contribution in [0.2, 0.25) is 0 Å². The molecular weight excluding hydrogens is 180 g/mol. The summed E-state index contributed by atoms with van der Waals surface area (Å²) >= 11 is 0. The molecule has 5 heteroatoms. The Kier molecular flexibility index (Phi) is 3.35. The Bertz CT molecular complexity index is 318. The van der Waals surface area contributed by atoms with Crippen molar-refractivity contribution in [2.75, 3.05) is 0 Å². The molecule has 0 bridgehead atoms. The van der Waals surface area contributed by atoms with Crippen LogP contribution in [0.4, 0.5) is 0 Å². The van der Waals surface area contributed by atoms with Crippen molar-refractivity contribution < 1.29 is 4.79 Å². The fraction of sp³-hybridized carbons (Fsp3) is 0.667. The first kappa shape index (κ1) is 10.8. The van der Waals surface area contributed by atoms with E-state index in [0.29, 0.717) is 18.0 Å². The van der Waals surface area contributed by atoms with Gasteiger partial charge in [0.15, 0.2) is 5.78 Å². The van der Waals surface area contributed by atoms with E-state index in [2.05, 4.69) is 10.3 Å². The minimum atomic E-state index is -0.452. The lowest BCUT2D eigenvalue weighted by Gasteiger charge is -2.11. The summed E-state index contributed by atoms with van der Waals surface area (Å²) in [5.74, 6) is 0.321. The van der Waals surface area contributed by atoms with E-state index in [-0.39, 0.29) is 5.78 Å². The molecule has 1 unspecified atom stereocenters. The summed E-state index contributed by atoms with van der Waals surface area (Å²) < 4.78 is 1.45. The molecule has 0 aliphatic heterocycles.